The third-order valence-electron chi connectivity index (χ3n) is 3.01. The predicted octanol–water partition coefficient (Wildman–Crippen LogP) is 1.39. The zero-order valence-corrected chi connectivity index (χ0v) is 8.72. The Hall–Kier alpha value is -0.860. The molecule has 76 valence electrons. The highest BCUT2D eigenvalue weighted by atomic mass is 14.9. The maximum atomic E-state index is 5.73. The minimum absolute atomic E-state index is 0.365. The van der Waals surface area contributed by atoms with Crippen molar-refractivity contribution in [3.05, 3.63) is 34.9 Å². The maximum Gasteiger partial charge on any atom is 0.0447 e. The van der Waals surface area contributed by atoms with Crippen LogP contribution in [0.3, 0.4) is 0 Å². The predicted molar refractivity (Wildman–Crippen MR) is 59.3 cm³/mol. The number of benzene rings is 1. The molecule has 2 heteroatoms. The number of hydrogen-bond donors (Lipinski definition) is 2. The highest BCUT2D eigenvalue weighted by molar-refractivity contribution is 5.36. The van der Waals surface area contributed by atoms with E-state index in [9.17, 15) is 0 Å². The Morgan fingerprint density at radius 3 is 3.07 bits per heavy atom. The van der Waals surface area contributed by atoms with Gasteiger partial charge in [-0.25, -0.2) is 0 Å². The van der Waals surface area contributed by atoms with Crippen molar-refractivity contribution in [2.75, 3.05) is 13.1 Å². The fraction of sp³-hybridized carbons (Fsp3) is 0.500. The van der Waals surface area contributed by atoms with E-state index in [1.165, 1.54) is 16.7 Å². The third kappa shape index (κ3) is 1.68. The lowest BCUT2D eigenvalue weighted by molar-refractivity contribution is 0.512. The molecule has 0 aliphatic carbocycles. The second-order valence-corrected chi connectivity index (χ2v) is 3.88. The second-order valence-electron chi connectivity index (χ2n) is 3.88. The molecule has 0 fully saturated rings. The van der Waals surface area contributed by atoms with Crippen molar-refractivity contribution in [3.63, 3.8) is 0 Å². The quantitative estimate of drug-likeness (QED) is 0.739. The van der Waals surface area contributed by atoms with E-state index < -0.39 is 0 Å². The molecular weight excluding hydrogens is 172 g/mol. The summed E-state index contributed by atoms with van der Waals surface area (Å²) >= 11 is 0. The summed E-state index contributed by atoms with van der Waals surface area (Å²) in [5.41, 5.74) is 10.0. The van der Waals surface area contributed by atoms with Gasteiger partial charge in [-0.3, -0.25) is 0 Å². The lowest BCUT2D eigenvalue weighted by atomic mass is 9.92. The van der Waals surface area contributed by atoms with Gasteiger partial charge in [-0.2, -0.15) is 0 Å². The fourth-order valence-electron chi connectivity index (χ4n) is 2.14. The molecule has 0 radical (unpaired) electrons. The Labute approximate surface area is 85.5 Å². The summed E-state index contributed by atoms with van der Waals surface area (Å²) < 4.78 is 0. The topological polar surface area (TPSA) is 38.0 Å². The smallest absolute Gasteiger partial charge is 0.0447 e. The number of fused-ring (bicyclic) bond motifs is 1. The molecule has 0 saturated carbocycles. The van der Waals surface area contributed by atoms with Gasteiger partial charge in [0.05, 0.1) is 0 Å². The van der Waals surface area contributed by atoms with Crippen LogP contribution in [-0.2, 0) is 12.8 Å². The van der Waals surface area contributed by atoms with Gasteiger partial charge in [0.2, 0.25) is 0 Å². The number of nitrogens with two attached hydrogens (primary N) is 1. The van der Waals surface area contributed by atoms with Crippen LogP contribution in [0.25, 0.3) is 0 Å². The van der Waals surface area contributed by atoms with Crippen LogP contribution in [0, 0.1) is 0 Å². The number of nitrogens with one attached hydrogen (secondary N) is 1. The molecule has 1 atom stereocenters. The van der Waals surface area contributed by atoms with Crippen molar-refractivity contribution in [2.24, 2.45) is 5.73 Å². The first kappa shape index (κ1) is 9.69. The maximum absolute atomic E-state index is 5.73. The van der Waals surface area contributed by atoms with Gasteiger partial charge in [0, 0.05) is 12.6 Å². The van der Waals surface area contributed by atoms with Gasteiger partial charge in [-0.1, -0.05) is 25.1 Å². The van der Waals surface area contributed by atoms with Crippen molar-refractivity contribution in [1.29, 1.82) is 0 Å². The lowest BCUT2D eigenvalue weighted by Crippen LogP contribution is -2.34. The van der Waals surface area contributed by atoms with Crippen LogP contribution in [0.1, 0.15) is 29.7 Å². The molecule has 2 nitrogen and oxygen atoms in total. The fourth-order valence-corrected chi connectivity index (χ4v) is 2.14. The van der Waals surface area contributed by atoms with E-state index in [4.69, 9.17) is 5.73 Å². The van der Waals surface area contributed by atoms with Crippen LogP contribution < -0.4 is 11.1 Å². The van der Waals surface area contributed by atoms with Gasteiger partial charge in [0.25, 0.3) is 0 Å². The minimum Gasteiger partial charge on any atom is -0.329 e. The molecule has 0 aromatic heterocycles. The summed E-state index contributed by atoms with van der Waals surface area (Å²) in [5.74, 6) is 0. The minimum atomic E-state index is 0.365. The summed E-state index contributed by atoms with van der Waals surface area (Å²) in [6.07, 6.45) is 2.26. The molecule has 0 amide bonds. The van der Waals surface area contributed by atoms with E-state index in [2.05, 4.69) is 30.4 Å². The summed E-state index contributed by atoms with van der Waals surface area (Å²) in [7, 11) is 0. The molecule has 0 spiro atoms. The highest BCUT2D eigenvalue weighted by Crippen LogP contribution is 2.23. The first-order valence-electron chi connectivity index (χ1n) is 5.40. The van der Waals surface area contributed by atoms with E-state index >= 15 is 0 Å². The Bertz CT molecular complexity index is 320. The van der Waals surface area contributed by atoms with Gasteiger partial charge >= 0.3 is 0 Å². The monoisotopic (exact) mass is 190 g/mol. The Balaban J connectivity index is 2.35. The SMILES string of the molecule is CCc1ccc2c(c1)CCNC2CN. The van der Waals surface area contributed by atoms with E-state index in [0.29, 0.717) is 12.6 Å². The third-order valence-corrected chi connectivity index (χ3v) is 3.01. The van der Waals surface area contributed by atoms with Gasteiger partial charge in [-0.05, 0) is 36.1 Å². The molecule has 1 unspecified atom stereocenters. The zero-order chi connectivity index (χ0) is 9.97. The van der Waals surface area contributed by atoms with Crippen LogP contribution in [0.2, 0.25) is 0 Å². The van der Waals surface area contributed by atoms with Gasteiger partial charge in [0.1, 0.15) is 0 Å². The molecule has 1 aromatic carbocycles. The molecule has 1 aliphatic heterocycles. The van der Waals surface area contributed by atoms with Gasteiger partial charge < -0.3 is 11.1 Å². The highest BCUT2D eigenvalue weighted by Gasteiger charge is 2.17. The molecule has 1 heterocycles. The Morgan fingerprint density at radius 2 is 2.36 bits per heavy atom. The average molecular weight is 190 g/mol. The Kier molecular flexibility index (Phi) is 2.85. The normalized spacial score (nSPS) is 20.6. The van der Waals surface area contributed by atoms with E-state index in [1.54, 1.807) is 0 Å². The van der Waals surface area contributed by atoms with Crippen molar-refractivity contribution in [1.82, 2.24) is 5.32 Å². The van der Waals surface area contributed by atoms with Crippen LogP contribution >= 0.6 is 0 Å². The lowest BCUT2D eigenvalue weighted by Gasteiger charge is -2.26. The number of hydrogen-bond acceptors (Lipinski definition) is 2. The second kappa shape index (κ2) is 4.11. The van der Waals surface area contributed by atoms with Gasteiger partial charge in [-0.15, -0.1) is 0 Å². The largest absolute Gasteiger partial charge is 0.329 e. The summed E-state index contributed by atoms with van der Waals surface area (Å²) in [6.45, 7) is 3.95. The molecule has 2 rings (SSSR count). The average Bonchev–Trinajstić information content (AvgIpc) is 2.27. The summed E-state index contributed by atoms with van der Waals surface area (Å²) in [5, 5.41) is 3.44. The molecule has 14 heavy (non-hydrogen) atoms. The summed E-state index contributed by atoms with van der Waals surface area (Å²) in [6, 6.07) is 7.15. The van der Waals surface area contributed by atoms with Crippen LogP contribution in [0.5, 0.6) is 0 Å². The van der Waals surface area contributed by atoms with Crippen molar-refractivity contribution in [3.8, 4) is 0 Å². The molecule has 1 aromatic rings. The van der Waals surface area contributed by atoms with E-state index in [-0.39, 0.29) is 0 Å². The van der Waals surface area contributed by atoms with Gasteiger partial charge in [0.15, 0.2) is 0 Å². The number of aryl methyl sites for hydroxylation is 1. The first-order chi connectivity index (χ1) is 6.85. The summed E-state index contributed by atoms with van der Waals surface area (Å²) in [4.78, 5) is 0. The van der Waals surface area contributed by atoms with Crippen molar-refractivity contribution < 1.29 is 0 Å². The van der Waals surface area contributed by atoms with Crippen molar-refractivity contribution >= 4 is 0 Å². The first-order valence-corrected chi connectivity index (χ1v) is 5.40. The molecule has 0 bridgehead atoms. The van der Waals surface area contributed by atoms with E-state index in [0.717, 1.165) is 19.4 Å². The van der Waals surface area contributed by atoms with Crippen LogP contribution in [-0.4, -0.2) is 13.1 Å². The molecule has 1 aliphatic rings. The van der Waals surface area contributed by atoms with Crippen LogP contribution in [0.4, 0.5) is 0 Å². The Morgan fingerprint density at radius 1 is 1.50 bits per heavy atom. The van der Waals surface area contributed by atoms with Crippen molar-refractivity contribution in [2.45, 2.75) is 25.8 Å². The molecule has 0 saturated heterocycles. The molecular formula is C12H18N2. The number of rotatable bonds is 2. The zero-order valence-electron chi connectivity index (χ0n) is 8.72. The van der Waals surface area contributed by atoms with E-state index in [1.807, 2.05) is 0 Å². The molecule has 3 N–H and O–H groups in total. The van der Waals surface area contributed by atoms with Crippen LogP contribution in [0.15, 0.2) is 18.2 Å². The standard InChI is InChI=1S/C12H18N2/c1-2-9-3-4-11-10(7-9)5-6-14-12(11)8-13/h3-4,7,12,14H,2,5-6,8,13H2,1H3.